The van der Waals surface area contributed by atoms with Crippen molar-refractivity contribution < 1.29 is 24.2 Å². The number of carboxylic acid groups (broad SMARTS) is 1. The molecule has 6 nitrogen and oxygen atoms in total. The van der Waals surface area contributed by atoms with Crippen LogP contribution in [-0.2, 0) is 17.9 Å². The molecule has 160 valence electrons. The van der Waals surface area contributed by atoms with E-state index in [1.165, 1.54) is 0 Å². The van der Waals surface area contributed by atoms with Gasteiger partial charge in [0.25, 0.3) is 0 Å². The summed E-state index contributed by atoms with van der Waals surface area (Å²) in [4.78, 5) is 26.1. The van der Waals surface area contributed by atoms with Crippen molar-refractivity contribution in [2.45, 2.75) is 52.4 Å². The number of amides is 1. The van der Waals surface area contributed by atoms with Gasteiger partial charge in [-0.15, -0.1) is 0 Å². The Kier molecular flexibility index (Phi) is 6.65. The molecular weight excluding hydrogens is 382 g/mol. The van der Waals surface area contributed by atoms with Crippen LogP contribution in [-0.4, -0.2) is 34.2 Å². The third kappa shape index (κ3) is 6.51. The van der Waals surface area contributed by atoms with Gasteiger partial charge in [-0.25, -0.2) is 9.59 Å². The second-order valence-corrected chi connectivity index (χ2v) is 8.71. The van der Waals surface area contributed by atoms with Gasteiger partial charge in [-0.05, 0) is 62.8 Å². The van der Waals surface area contributed by atoms with Crippen LogP contribution >= 0.6 is 0 Å². The monoisotopic (exact) mass is 411 g/mol. The van der Waals surface area contributed by atoms with Gasteiger partial charge in [0.15, 0.2) is 0 Å². The maximum Gasteiger partial charge on any atom is 0.410 e. The minimum Gasteiger partial charge on any atom is -0.488 e. The number of carbonyl (C=O) groups excluding carboxylic acids is 1. The molecule has 1 amide bonds. The predicted octanol–water partition coefficient (Wildman–Crippen LogP) is 5.11. The lowest BCUT2D eigenvalue weighted by Crippen LogP contribution is -2.37. The molecule has 0 saturated heterocycles. The van der Waals surface area contributed by atoms with Gasteiger partial charge in [-0.3, -0.25) is 0 Å². The van der Waals surface area contributed by atoms with Gasteiger partial charge in [-0.1, -0.05) is 36.4 Å². The van der Waals surface area contributed by atoms with Crippen LogP contribution in [0.5, 0.6) is 5.75 Å². The molecule has 0 aromatic heterocycles. The van der Waals surface area contributed by atoms with Gasteiger partial charge < -0.3 is 19.5 Å². The Morgan fingerprint density at radius 2 is 1.77 bits per heavy atom. The van der Waals surface area contributed by atoms with Crippen molar-refractivity contribution in [3.05, 3.63) is 65.2 Å². The number of aromatic carboxylic acids is 1. The molecule has 3 rings (SSSR count). The average molecular weight is 411 g/mol. The highest BCUT2D eigenvalue weighted by molar-refractivity contribution is 5.91. The molecule has 0 spiro atoms. The first-order chi connectivity index (χ1) is 14.2. The summed E-state index contributed by atoms with van der Waals surface area (Å²) in [6.07, 6.45) is 1.83. The minimum atomic E-state index is -1.06. The first kappa shape index (κ1) is 21.7. The van der Waals surface area contributed by atoms with E-state index >= 15 is 0 Å². The van der Waals surface area contributed by atoms with E-state index in [9.17, 15) is 14.7 Å². The van der Waals surface area contributed by atoms with E-state index in [0.29, 0.717) is 24.8 Å². The van der Waals surface area contributed by atoms with Crippen LogP contribution in [0.15, 0.2) is 48.5 Å². The second-order valence-electron chi connectivity index (χ2n) is 8.71. The Bertz CT molecular complexity index is 884. The van der Waals surface area contributed by atoms with Crippen molar-refractivity contribution >= 4 is 12.1 Å². The Balaban J connectivity index is 1.74. The van der Waals surface area contributed by atoms with E-state index in [1.54, 1.807) is 23.1 Å². The zero-order valence-electron chi connectivity index (χ0n) is 17.8. The van der Waals surface area contributed by atoms with Gasteiger partial charge in [0.2, 0.25) is 0 Å². The number of benzene rings is 2. The largest absolute Gasteiger partial charge is 0.488 e. The molecule has 1 aliphatic carbocycles. The molecule has 1 fully saturated rings. The fourth-order valence-corrected chi connectivity index (χ4v) is 3.07. The second kappa shape index (κ2) is 9.20. The molecule has 30 heavy (non-hydrogen) atoms. The normalized spacial score (nSPS) is 13.6. The molecule has 0 radical (unpaired) electrons. The number of hydrogen-bond donors (Lipinski definition) is 1. The van der Waals surface area contributed by atoms with Gasteiger partial charge >= 0.3 is 12.1 Å². The summed E-state index contributed by atoms with van der Waals surface area (Å²) in [5.41, 5.74) is 1.18. The molecular formula is C24H29NO5. The van der Waals surface area contributed by atoms with Crippen LogP contribution in [0, 0.1) is 5.92 Å². The summed E-state index contributed by atoms with van der Waals surface area (Å²) >= 11 is 0. The van der Waals surface area contributed by atoms with Crippen molar-refractivity contribution in [2.75, 3.05) is 6.54 Å². The van der Waals surface area contributed by atoms with Crippen molar-refractivity contribution in [1.29, 1.82) is 0 Å². The first-order valence-electron chi connectivity index (χ1n) is 10.2. The number of rotatable bonds is 8. The Hall–Kier alpha value is -3.02. The van der Waals surface area contributed by atoms with Crippen LogP contribution in [0.1, 0.15) is 55.1 Å². The summed E-state index contributed by atoms with van der Waals surface area (Å²) in [6.45, 7) is 6.70. The fourth-order valence-electron chi connectivity index (χ4n) is 3.07. The van der Waals surface area contributed by atoms with Crippen LogP contribution < -0.4 is 4.74 Å². The fraction of sp³-hybridized carbons (Fsp3) is 0.417. The molecule has 1 N–H and O–H groups in total. The molecule has 1 saturated carbocycles. The van der Waals surface area contributed by atoms with Crippen LogP contribution in [0.25, 0.3) is 0 Å². The number of ether oxygens (including phenoxy) is 2. The Labute approximate surface area is 177 Å². The zero-order valence-corrected chi connectivity index (χ0v) is 17.8. The average Bonchev–Trinajstić information content (AvgIpc) is 3.50. The van der Waals surface area contributed by atoms with Crippen molar-refractivity contribution in [3.8, 4) is 5.75 Å². The molecule has 0 aliphatic heterocycles. The summed E-state index contributed by atoms with van der Waals surface area (Å²) < 4.78 is 11.3. The Morgan fingerprint density at radius 1 is 1.07 bits per heavy atom. The van der Waals surface area contributed by atoms with Crippen LogP contribution in [0.3, 0.4) is 0 Å². The molecule has 0 unspecified atom stereocenters. The van der Waals surface area contributed by atoms with Gasteiger partial charge in [-0.2, -0.15) is 0 Å². The lowest BCUT2D eigenvalue weighted by molar-refractivity contribution is 0.0224. The third-order valence-electron chi connectivity index (χ3n) is 4.71. The lowest BCUT2D eigenvalue weighted by Gasteiger charge is -2.27. The van der Waals surface area contributed by atoms with Crippen LogP contribution in [0.2, 0.25) is 0 Å². The minimum absolute atomic E-state index is 0.0824. The summed E-state index contributed by atoms with van der Waals surface area (Å²) in [7, 11) is 0. The van der Waals surface area contributed by atoms with E-state index < -0.39 is 11.6 Å². The predicted molar refractivity (Wildman–Crippen MR) is 114 cm³/mol. The standard InChI is InChI=1S/C24H29NO5/c1-24(2,3)30-23(28)25(14-17-9-10-17)15-19-11-12-21(20(13-19)22(26)27)29-16-18-7-5-4-6-8-18/h4-8,11-13,17H,9-10,14-16H2,1-3H3,(H,26,27). The van der Waals surface area contributed by atoms with Gasteiger partial charge in [0.1, 0.15) is 23.5 Å². The van der Waals surface area contributed by atoms with E-state index in [1.807, 2.05) is 51.1 Å². The van der Waals surface area contributed by atoms with Crippen molar-refractivity contribution in [2.24, 2.45) is 5.92 Å². The first-order valence-corrected chi connectivity index (χ1v) is 10.2. The smallest absolute Gasteiger partial charge is 0.410 e. The summed E-state index contributed by atoms with van der Waals surface area (Å²) in [5.74, 6) is -0.267. The van der Waals surface area contributed by atoms with Crippen LogP contribution in [0.4, 0.5) is 4.79 Å². The zero-order chi connectivity index (χ0) is 21.7. The highest BCUT2D eigenvalue weighted by Gasteiger charge is 2.29. The maximum atomic E-state index is 12.6. The van der Waals surface area contributed by atoms with Gasteiger partial charge in [0, 0.05) is 13.1 Å². The summed E-state index contributed by atoms with van der Waals surface area (Å²) in [6, 6.07) is 14.6. The summed E-state index contributed by atoms with van der Waals surface area (Å²) in [5, 5.41) is 9.65. The van der Waals surface area contributed by atoms with E-state index in [0.717, 1.165) is 24.0 Å². The number of nitrogens with zero attached hydrogens (tertiary/aromatic N) is 1. The quantitative estimate of drug-likeness (QED) is 0.653. The molecule has 6 heteroatoms. The number of carbonyl (C=O) groups is 2. The topological polar surface area (TPSA) is 76.1 Å². The highest BCUT2D eigenvalue weighted by atomic mass is 16.6. The molecule has 0 heterocycles. The van der Waals surface area contributed by atoms with E-state index in [2.05, 4.69) is 0 Å². The molecule has 1 aliphatic rings. The lowest BCUT2D eigenvalue weighted by atomic mass is 10.1. The van der Waals surface area contributed by atoms with Crippen molar-refractivity contribution in [3.63, 3.8) is 0 Å². The van der Waals surface area contributed by atoms with E-state index in [4.69, 9.17) is 9.47 Å². The molecule has 2 aromatic rings. The molecule has 2 aromatic carbocycles. The van der Waals surface area contributed by atoms with Gasteiger partial charge in [0.05, 0.1) is 0 Å². The maximum absolute atomic E-state index is 12.6. The number of hydrogen-bond acceptors (Lipinski definition) is 4. The molecule has 0 atom stereocenters. The third-order valence-corrected chi connectivity index (χ3v) is 4.71. The number of carboxylic acids is 1. The van der Waals surface area contributed by atoms with E-state index in [-0.39, 0.29) is 18.3 Å². The van der Waals surface area contributed by atoms with Crippen molar-refractivity contribution in [1.82, 2.24) is 4.90 Å². The molecule has 0 bridgehead atoms. The Morgan fingerprint density at radius 3 is 2.37 bits per heavy atom. The highest BCUT2D eigenvalue weighted by Crippen LogP contribution is 2.31. The SMILES string of the molecule is CC(C)(C)OC(=O)N(Cc1ccc(OCc2ccccc2)c(C(=O)O)c1)CC1CC1.